The molecule has 4 aliphatic rings. The van der Waals surface area contributed by atoms with Gasteiger partial charge in [0, 0.05) is 38.1 Å². The van der Waals surface area contributed by atoms with Crippen LogP contribution in [0.25, 0.3) is 5.65 Å². The van der Waals surface area contributed by atoms with E-state index in [-0.39, 0.29) is 34.9 Å². The first-order chi connectivity index (χ1) is 21.8. The van der Waals surface area contributed by atoms with Crippen molar-refractivity contribution in [1.29, 1.82) is 0 Å². The van der Waals surface area contributed by atoms with Gasteiger partial charge >= 0.3 is 0 Å². The molecule has 45 heavy (non-hydrogen) atoms. The van der Waals surface area contributed by atoms with E-state index >= 15 is 4.39 Å². The molecule has 4 atom stereocenters. The molecule has 0 bridgehead atoms. The van der Waals surface area contributed by atoms with Gasteiger partial charge in [-0.1, -0.05) is 44.9 Å². The highest BCUT2D eigenvalue weighted by Crippen LogP contribution is 2.38. The number of hydrogen-bond acceptors (Lipinski definition) is 8. The molecule has 6 rings (SSSR count). The number of amides is 2. The van der Waals surface area contributed by atoms with Crippen LogP contribution in [-0.2, 0) is 4.79 Å². The minimum Gasteiger partial charge on any atom is -0.381 e. The largest absolute Gasteiger partial charge is 0.381 e. The summed E-state index contributed by atoms with van der Waals surface area (Å²) < 4.78 is 32.2. The molecule has 3 aliphatic heterocycles. The number of nitrogens with zero attached hydrogens (tertiary/aromatic N) is 5. The van der Waals surface area contributed by atoms with Gasteiger partial charge in [0.05, 0.1) is 30.0 Å². The highest BCUT2D eigenvalue weighted by atomic mass is 19.1. The van der Waals surface area contributed by atoms with Gasteiger partial charge in [0.25, 0.3) is 5.91 Å². The lowest BCUT2D eigenvalue weighted by Crippen LogP contribution is -2.73. The molecule has 1 saturated carbocycles. The lowest BCUT2D eigenvalue weighted by atomic mass is 9.73. The van der Waals surface area contributed by atoms with Crippen molar-refractivity contribution in [3.63, 3.8) is 0 Å². The van der Waals surface area contributed by atoms with Gasteiger partial charge in [-0.15, -0.1) is 5.10 Å². The zero-order valence-corrected chi connectivity index (χ0v) is 26.4. The van der Waals surface area contributed by atoms with Crippen molar-refractivity contribution in [2.75, 3.05) is 45.0 Å². The Labute approximate surface area is 264 Å². The van der Waals surface area contributed by atoms with Gasteiger partial charge in [-0.05, 0) is 45.7 Å². The van der Waals surface area contributed by atoms with E-state index in [2.05, 4.69) is 37.9 Å². The number of nitrogen functional groups attached to an aromatic ring is 1. The van der Waals surface area contributed by atoms with Crippen LogP contribution >= 0.6 is 0 Å². The summed E-state index contributed by atoms with van der Waals surface area (Å²) in [6.45, 7) is 5.92. The number of alkyl halides is 1. The fourth-order valence-corrected chi connectivity index (χ4v) is 8.20. The first kappa shape index (κ1) is 32.1. The number of nitrogens with two attached hydrogens (primary N) is 1. The first-order valence-electron chi connectivity index (χ1n) is 17.0. The van der Waals surface area contributed by atoms with E-state index in [1.54, 1.807) is 0 Å². The Morgan fingerprint density at radius 3 is 2.44 bits per heavy atom. The number of halogens is 2. The number of carbonyl (C=O) groups is 2. The molecular weight excluding hydrogens is 580 g/mol. The molecule has 248 valence electrons. The van der Waals surface area contributed by atoms with E-state index in [0.29, 0.717) is 39.0 Å². The topological polar surface area (TPSA) is 133 Å². The second-order valence-electron chi connectivity index (χ2n) is 13.7. The van der Waals surface area contributed by atoms with Gasteiger partial charge in [0.2, 0.25) is 5.91 Å². The Morgan fingerprint density at radius 2 is 1.76 bits per heavy atom. The molecular formula is C32H49F2N9O2. The predicted octanol–water partition coefficient (Wildman–Crippen LogP) is 2.65. The number of hydrogen-bond donors (Lipinski definition) is 4. The van der Waals surface area contributed by atoms with Crippen LogP contribution in [0.2, 0.25) is 0 Å². The summed E-state index contributed by atoms with van der Waals surface area (Å²) in [5.41, 5.74) is 5.65. The lowest BCUT2D eigenvalue weighted by Gasteiger charge is -2.53. The summed E-state index contributed by atoms with van der Waals surface area (Å²) in [5.74, 6) is -1.05. The minimum atomic E-state index is -1.22. The Hall–Kier alpha value is -2.90. The zero-order chi connectivity index (χ0) is 31.6. The van der Waals surface area contributed by atoms with Crippen molar-refractivity contribution >= 4 is 23.3 Å². The molecule has 1 aliphatic carbocycles. The number of rotatable bonds is 4. The van der Waals surface area contributed by atoms with Gasteiger partial charge in [0.15, 0.2) is 17.3 Å². The first-order valence-corrected chi connectivity index (χ1v) is 17.0. The molecule has 3 saturated heterocycles. The Kier molecular flexibility index (Phi) is 9.86. The van der Waals surface area contributed by atoms with Gasteiger partial charge in [-0.25, -0.2) is 18.3 Å². The third-order valence-electron chi connectivity index (χ3n) is 10.7. The quantitative estimate of drug-likeness (QED) is 0.406. The number of fused-ring (bicyclic) bond motifs is 1. The van der Waals surface area contributed by atoms with Crippen LogP contribution in [0.15, 0.2) is 12.4 Å². The fraction of sp³-hybridized carbons (Fsp3) is 0.750. The standard InChI is InChI=1S/C32H49F2N9O2/c1-21-19-42(16-13-36-21)31(45)22-9-14-41(15-10-22)26-24(18-38-32(27(26)34)11-7-5-3-2-4-6-8-12-32)39-30(44)25-28(35)40-43-20-23(33)17-37-29(25)43/h17,20-22,24,26-27,36,38H,2-16,18-19H2,1H3,(H2,35,40)(H,39,44)/t21-,24?,26?,27?/m0/s1. The molecule has 5 heterocycles. The zero-order valence-electron chi connectivity index (χ0n) is 26.4. The van der Waals surface area contributed by atoms with E-state index in [1.807, 2.05) is 4.90 Å². The molecule has 0 radical (unpaired) electrons. The predicted molar refractivity (Wildman–Crippen MR) is 168 cm³/mol. The highest BCUT2D eigenvalue weighted by Gasteiger charge is 2.52. The van der Waals surface area contributed by atoms with Gasteiger partial charge in [-0.3, -0.25) is 14.5 Å². The maximum Gasteiger partial charge on any atom is 0.259 e. The number of aromatic nitrogens is 3. The fourth-order valence-electron chi connectivity index (χ4n) is 8.20. The van der Waals surface area contributed by atoms with Crippen LogP contribution in [0, 0.1) is 11.7 Å². The molecule has 13 heteroatoms. The van der Waals surface area contributed by atoms with Gasteiger partial charge in [0.1, 0.15) is 11.7 Å². The molecule has 2 aromatic heterocycles. The summed E-state index contributed by atoms with van der Waals surface area (Å²) in [6, 6.07) is -0.842. The maximum atomic E-state index is 17.3. The molecule has 4 fully saturated rings. The molecule has 3 unspecified atom stereocenters. The van der Waals surface area contributed by atoms with E-state index in [1.165, 1.54) is 19.3 Å². The summed E-state index contributed by atoms with van der Waals surface area (Å²) >= 11 is 0. The van der Waals surface area contributed by atoms with E-state index in [0.717, 1.165) is 68.5 Å². The van der Waals surface area contributed by atoms with Gasteiger partial charge < -0.3 is 26.6 Å². The van der Waals surface area contributed by atoms with E-state index in [4.69, 9.17) is 5.73 Å². The smallest absolute Gasteiger partial charge is 0.259 e. The average Bonchev–Trinajstić information content (AvgIpc) is 3.36. The van der Waals surface area contributed by atoms with Crippen molar-refractivity contribution in [2.45, 2.75) is 107 Å². The monoisotopic (exact) mass is 629 g/mol. The number of nitrogens with one attached hydrogen (secondary N) is 3. The third kappa shape index (κ3) is 6.80. The molecule has 2 amide bonds. The number of piperidine rings is 2. The second-order valence-corrected chi connectivity index (χ2v) is 13.7. The molecule has 11 nitrogen and oxygen atoms in total. The van der Waals surface area contributed by atoms with Crippen LogP contribution in [0.4, 0.5) is 14.6 Å². The Bertz CT molecular complexity index is 1340. The van der Waals surface area contributed by atoms with Crippen molar-refractivity contribution in [3.8, 4) is 0 Å². The second kappa shape index (κ2) is 13.8. The number of piperazine rings is 1. The van der Waals surface area contributed by atoms with E-state index < -0.39 is 35.5 Å². The van der Waals surface area contributed by atoms with Crippen LogP contribution in [-0.4, -0.2) is 105 Å². The Balaban J connectivity index is 1.22. The van der Waals surface area contributed by atoms with Crippen molar-refractivity contribution in [1.82, 2.24) is 40.3 Å². The number of carbonyl (C=O) groups excluding carboxylic acids is 2. The summed E-state index contributed by atoms with van der Waals surface area (Å²) in [6.07, 6.45) is 11.5. The van der Waals surface area contributed by atoms with Crippen molar-refractivity contribution < 1.29 is 18.4 Å². The lowest BCUT2D eigenvalue weighted by molar-refractivity contribution is -0.139. The summed E-state index contributed by atoms with van der Waals surface area (Å²) in [4.78, 5) is 35.3. The summed E-state index contributed by atoms with van der Waals surface area (Å²) in [5, 5.41) is 14.2. The van der Waals surface area contributed by atoms with Crippen molar-refractivity contribution in [2.24, 2.45) is 5.92 Å². The maximum absolute atomic E-state index is 17.3. The highest BCUT2D eigenvalue weighted by molar-refractivity contribution is 6.04. The average molecular weight is 630 g/mol. The molecule has 1 spiro atoms. The molecule has 0 aromatic carbocycles. The third-order valence-corrected chi connectivity index (χ3v) is 10.7. The van der Waals surface area contributed by atoms with E-state index in [9.17, 15) is 14.0 Å². The van der Waals surface area contributed by atoms with Crippen LogP contribution < -0.4 is 21.7 Å². The minimum absolute atomic E-state index is 0.0534. The van der Waals surface area contributed by atoms with Crippen LogP contribution in [0.1, 0.15) is 87.9 Å². The van der Waals surface area contributed by atoms with Crippen molar-refractivity contribution in [3.05, 3.63) is 23.8 Å². The Morgan fingerprint density at radius 1 is 1.07 bits per heavy atom. The van der Waals surface area contributed by atoms with Crippen LogP contribution in [0.5, 0.6) is 0 Å². The number of anilines is 1. The summed E-state index contributed by atoms with van der Waals surface area (Å²) in [7, 11) is 0. The SMILES string of the molecule is C[C@H]1CN(C(=O)C2CCN(C3C(NC(=O)c4c(N)nn5cc(F)cnc45)CNC4(CCCCCCCCC4)C3F)CC2)CCN1. The van der Waals surface area contributed by atoms with Gasteiger partial charge in [-0.2, -0.15) is 0 Å². The molecule has 2 aromatic rings. The van der Waals surface area contributed by atoms with Crippen LogP contribution in [0.3, 0.4) is 0 Å². The number of likely N-dealkylation sites (tertiary alicyclic amines) is 1. The molecule has 5 N–H and O–H groups in total. The normalized spacial score (nSPS) is 29.1.